The average Bonchev–Trinajstić information content (AvgIpc) is 2.42. The van der Waals surface area contributed by atoms with Crippen molar-refractivity contribution in [2.45, 2.75) is 12.8 Å². The van der Waals surface area contributed by atoms with Gasteiger partial charge in [-0.25, -0.2) is 4.39 Å². The molecule has 0 saturated heterocycles. The first-order valence-corrected chi connectivity index (χ1v) is 5.75. The number of nitrogens with one attached hydrogen (secondary N) is 1. The Labute approximate surface area is 111 Å². The number of benzene rings is 1. The molecule has 1 rings (SSSR count). The van der Waals surface area contributed by atoms with Gasteiger partial charge in [0.15, 0.2) is 17.3 Å². The summed E-state index contributed by atoms with van der Waals surface area (Å²) in [5.41, 5.74) is 0.658. The number of ether oxygens (including phenoxy) is 2. The van der Waals surface area contributed by atoms with Crippen LogP contribution in [0.15, 0.2) is 12.1 Å². The molecule has 5 heteroatoms. The van der Waals surface area contributed by atoms with Crippen molar-refractivity contribution in [3.8, 4) is 23.8 Å². The molecule has 0 aromatic heterocycles. The lowest BCUT2D eigenvalue weighted by molar-refractivity contribution is -0.120. The predicted molar refractivity (Wildman–Crippen MR) is 69.7 cm³/mol. The SMILES string of the molecule is C#CCOc1c(F)cc(CCC(=O)NC)cc1OC. The molecule has 0 spiro atoms. The molecule has 0 radical (unpaired) electrons. The van der Waals surface area contributed by atoms with Gasteiger partial charge in [-0.2, -0.15) is 0 Å². The Morgan fingerprint density at radius 1 is 1.53 bits per heavy atom. The van der Waals surface area contributed by atoms with Crippen molar-refractivity contribution in [3.05, 3.63) is 23.5 Å². The lowest BCUT2D eigenvalue weighted by atomic mass is 10.1. The van der Waals surface area contributed by atoms with Gasteiger partial charge in [0.25, 0.3) is 0 Å². The standard InChI is InChI=1S/C14H16FNO3/c1-4-7-19-14-11(15)8-10(9-12(14)18-3)5-6-13(17)16-2/h1,8-9H,5-7H2,2-3H3,(H,16,17). The predicted octanol–water partition coefficient (Wildman–Crippen LogP) is 1.52. The zero-order valence-electron chi connectivity index (χ0n) is 11.0. The van der Waals surface area contributed by atoms with Crippen LogP contribution in [0.4, 0.5) is 4.39 Å². The molecule has 0 fully saturated rings. The van der Waals surface area contributed by atoms with E-state index in [1.807, 2.05) is 0 Å². The van der Waals surface area contributed by atoms with Gasteiger partial charge >= 0.3 is 0 Å². The first-order chi connectivity index (χ1) is 9.12. The molecule has 0 bridgehead atoms. The molecule has 102 valence electrons. The largest absolute Gasteiger partial charge is 0.493 e. The fourth-order valence-electron chi connectivity index (χ4n) is 1.55. The van der Waals surface area contributed by atoms with Crippen molar-refractivity contribution in [2.24, 2.45) is 0 Å². The Balaban J connectivity index is 2.89. The van der Waals surface area contributed by atoms with Crippen LogP contribution in [0.2, 0.25) is 0 Å². The number of carbonyl (C=O) groups is 1. The van der Waals surface area contributed by atoms with Crippen molar-refractivity contribution < 1.29 is 18.7 Å². The van der Waals surface area contributed by atoms with E-state index in [1.165, 1.54) is 13.2 Å². The van der Waals surface area contributed by atoms with E-state index in [-0.39, 0.29) is 30.4 Å². The van der Waals surface area contributed by atoms with E-state index >= 15 is 0 Å². The summed E-state index contributed by atoms with van der Waals surface area (Å²) in [5, 5.41) is 2.51. The number of terminal acetylenes is 1. The van der Waals surface area contributed by atoms with Crippen LogP contribution in [0.1, 0.15) is 12.0 Å². The van der Waals surface area contributed by atoms with Crippen LogP contribution >= 0.6 is 0 Å². The highest BCUT2D eigenvalue weighted by Crippen LogP contribution is 2.32. The van der Waals surface area contributed by atoms with Gasteiger partial charge in [-0.3, -0.25) is 4.79 Å². The number of methoxy groups -OCH3 is 1. The molecular weight excluding hydrogens is 249 g/mol. The van der Waals surface area contributed by atoms with Crippen molar-refractivity contribution in [1.82, 2.24) is 5.32 Å². The van der Waals surface area contributed by atoms with E-state index in [2.05, 4.69) is 11.2 Å². The second-order valence-corrected chi connectivity index (χ2v) is 3.78. The van der Waals surface area contributed by atoms with E-state index in [0.29, 0.717) is 12.0 Å². The number of hydrogen-bond acceptors (Lipinski definition) is 3. The third-order valence-corrected chi connectivity index (χ3v) is 2.51. The van der Waals surface area contributed by atoms with E-state index < -0.39 is 5.82 Å². The Morgan fingerprint density at radius 2 is 2.26 bits per heavy atom. The lowest BCUT2D eigenvalue weighted by Gasteiger charge is -2.11. The lowest BCUT2D eigenvalue weighted by Crippen LogP contribution is -2.18. The maximum Gasteiger partial charge on any atom is 0.220 e. The van der Waals surface area contributed by atoms with Crippen molar-refractivity contribution >= 4 is 5.91 Å². The number of hydrogen-bond donors (Lipinski definition) is 1. The Hall–Kier alpha value is -2.22. The maximum atomic E-state index is 13.9. The molecule has 1 amide bonds. The van der Waals surface area contributed by atoms with E-state index in [0.717, 1.165) is 0 Å². The van der Waals surface area contributed by atoms with Gasteiger partial charge in [-0.15, -0.1) is 6.42 Å². The smallest absolute Gasteiger partial charge is 0.220 e. The summed E-state index contributed by atoms with van der Waals surface area (Å²) in [4.78, 5) is 11.1. The minimum Gasteiger partial charge on any atom is -0.493 e. The van der Waals surface area contributed by atoms with Gasteiger partial charge in [-0.1, -0.05) is 5.92 Å². The summed E-state index contributed by atoms with van der Waals surface area (Å²) < 4.78 is 24.0. The fourth-order valence-corrected chi connectivity index (χ4v) is 1.55. The normalized spacial score (nSPS) is 9.58. The number of aryl methyl sites for hydroxylation is 1. The highest BCUT2D eigenvalue weighted by Gasteiger charge is 2.13. The van der Waals surface area contributed by atoms with Crippen molar-refractivity contribution in [3.63, 3.8) is 0 Å². The van der Waals surface area contributed by atoms with Crippen LogP contribution in [0.25, 0.3) is 0 Å². The molecule has 19 heavy (non-hydrogen) atoms. The van der Waals surface area contributed by atoms with E-state index in [4.69, 9.17) is 15.9 Å². The Morgan fingerprint density at radius 3 is 2.84 bits per heavy atom. The molecule has 1 aromatic rings. The topological polar surface area (TPSA) is 47.6 Å². The summed E-state index contributed by atoms with van der Waals surface area (Å²) in [6, 6.07) is 2.95. The van der Waals surface area contributed by atoms with E-state index in [9.17, 15) is 9.18 Å². The average molecular weight is 265 g/mol. The number of rotatable bonds is 6. The second kappa shape index (κ2) is 7.27. The molecule has 0 unspecified atom stereocenters. The van der Waals surface area contributed by atoms with Gasteiger partial charge in [0.1, 0.15) is 6.61 Å². The first kappa shape index (κ1) is 14.8. The summed E-state index contributed by atoms with van der Waals surface area (Å²) in [5.74, 6) is 1.86. The molecule has 0 aliphatic carbocycles. The minimum absolute atomic E-state index is 0.0101. The van der Waals surface area contributed by atoms with Crippen molar-refractivity contribution in [2.75, 3.05) is 20.8 Å². The van der Waals surface area contributed by atoms with Gasteiger partial charge in [0.05, 0.1) is 7.11 Å². The zero-order valence-corrected chi connectivity index (χ0v) is 11.0. The third kappa shape index (κ3) is 4.18. The molecular formula is C14H16FNO3. The molecule has 0 atom stereocenters. The summed E-state index contributed by atoms with van der Waals surface area (Å²) in [7, 11) is 2.97. The molecule has 0 aliphatic heterocycles. The van der Waals surface area contributed by atoms with Crippen molar-refractivity contribution in [1.29, 1.82) is 0 Å². The molecule has 1 N–H and O–H groups in total. The fraction of sp³-hybridized carbons (Fsp3) is 0.357. The summed E-state index contributed by atoms with van der Waals surface area (Å²) in [6.45, 7) is -0.0368. The van der Waals surface area contributed by atoms with Crippen LogP contribution in [-0.2, 0) is 11.2 Å². The molecule has 0 saturated carbocycles. The third-order valence-electron chi connectivity index (χ3n) is 2.51. The van der Waals surface area contributed by atoms with Gasteiger partial charge in [0.2, 0.25) is 5.91 Å². The van der Waals surface area contributed by atoms with Crippen LogP contribution in [0.3, 0.4) is 0 Å². The second-order valence-electron chi connectivity index (χ2n) is 3.78. The first-order valence-electron chi connectivity index (χ1n) is 5.75. The zero-order chi connectivity index (χ0) is 14.3. The van der Waals surface area contributed by atoms with E-state index in [1.54, 1.807) is 13.1 Å². The highest BCUT2D eigenvalue weighted by molar-refractivity contribution is 5.75. The van der Waals surface area contributed by atoms with Crippen LogP contribution in [0.5, 0.6) is 11.5 Å². The number of amides is 1. The van der Waals surface area contributed by atoms with Crippen LogP contribution in [0, 0.1) is 18.2 Å². The quantitative estimate of drug-likeness (QED) is 0.793. The van der Waals surface area contributed by atoms with Gasteiger partial charge in [-0.05, 0) is 24.1 Å². The molecule has 0 aliphatic rings. The van der Waals surface area contributed by atoms with Gasteiger partial charge < -0.3 is 14.8 Å². The monoisotopic (exact) mass is 265 g/mol. The van der Waals surface area contributed by atoms with Gasteiger partial charge in [0, 0.05) is 13.5 Å². The van der Waals surface area contributed by atoms with Crippen LogP contribution < -0.4 is 14.8 Å². The highest BCUT2D eigenvalue weighted by atomic mass is 19.1. The number of halogens is 1. The molecule has 4 nitrogen and oxygen atoms in total. The molecule has 0 heterocycles. The Bertz CT molecular complexity index is 494. The summed E-state index contributed by atoms with van der Waals surface area (Å²) in [6.07, 6.45) is 5.76. The Kier molecular flexibility index (Phi) is 5.68. The molecule has 1 aromatic carbocycles. The maximum absolute atomic E-state index is 13.9. The summed E-state index contributed by atoms with van der Waals surface area (Å²) >= 11 is 0. The number of carbonyl (C=O) groups excluding carboxylic acids is 1. The minimum atomic E-state index is -0.554. The van der Waals surface area contributed by atoms with Crippen LogP contribution in [-0.4, -0.2) is 26.7 Å².